The van der Waals surface area contributed by atoms with Crippen LogP contribution in [-0.2, 0) is 9.53 Å². The molecule has 0 aliphatic carbocycles. The van der Waals surface area contributed by atoms with Crippen LogP contribution >= 0.6 is 0 Å². The van der Waals surface area contributed by atoms with E-state index in [-0.39, 0.29) is 24.1 Å². The molecule has 0 saturated heterocycles. The number of ether oxygens (including phenoxy) is 1. The molecule has 3 aromatic rings. The molecule has 136 valence electrons. The van der Waals surface area contributed by atoms with Crippen LogP contribution in [0.4, 0.5) is 0 Å². The molecule has 0 aliphatic rings. The summed E-state index contributed by atoms with van der Waals surface area (Å²) in [6.45, 7) is 1.62. The van der Waals surface area contributed by atoms with Crippen LogP contribution in [0.5, 0.6) is 0 Å². The van der Waals surface area contributed by atoms with Gasteiger partial charge in [0.1, 0.15) is 0 Å². The average Bonchev–Trinajstić information content (AvgIpc) is 2.73. The lowest BCUT2D eigenvalue weighted by Crippen LogP contribution is -2.25. The van der Waals surface area contributed by atoms with E-state index in [0.29, 0.717) is 5.56 Å². The van der Waals surface area contributed by atoms with Gasteiger partial charge in [-0.3, -0.25) is 9.59 Å². The molecule has 1 atom stereocenters. The molecule has 0 bridgehead atoms. The minimum absolute atomic E-state index is 0.112. The Morgan fingerprint density at radius 1 is 0.741 bits per heavy atom. The molecule has 0 aromatic heterocycles. The van der Waals surface area contributed by atoms with Gasteiger partial charge in [0, 0.05) is 11.5 Å². The molecular formula is C24H22O3. The molecule has 0 saturated carbocycles. The van der Waals surface area contributed by atoms with Gasteiger partial charge in [-0.1, -0.05) is 91.0 Å². The minimum Gasteiger partial charge on any atom is -0.454 e. The maximum atomic E-state index is 12.6. The molecule has 3 aromatic carbocycles. The van der Waals surface area contributed by atoms with Gasteiger partial charge in [0.2, 0.25) is 5.78 Å². The first kappa shape index (κ1) is 18.6. The van der Waals surface area contributed by atoms with Crippen molar-refractivity contribution in [1.82, 2.24) is 0 Å². The molecule has 0 amide bonds. The Bertz CT molecular complexity index is 834. The fourth-order valence-corrected chi connectivity index (χ4v) is 3.10. The highest BCUT2D eigenvalue weighted by Crippen LogP contribution is 2.28. The molecular weight excluding hydrogens is 336 g/mol. The summed E-state index contributed by atoms with van der Waals surface area (Å²) in [4.78, 5) is 25.0. The second-order valence-corrected chi connectivity index (χ2v) is 6.44. The average molecular weight is 358 g/mol. The highest BCUT2D eigenvalue weighted by molar-refractivity contribution is 6.00. The van der Waals surface area contributed by atoms with Crippen molar-refractivity contribution in [1.29, 1.82) is 0 Å². The molecule has 0 radical (unpaired) electrons. The fourth-order valence-electron chi connectivity index (χ4n) is 3.10. The molecule has 0 N–H and O–H groups in total. The first-order valence-electron chi connectivity index (χ1n) is 9.04. The maximum absolute atomic E-state index is 12.6. The van der Waals surface area contributed by atoms with E-state index in [2.05, 4.69) is 0 Å². The largest absolute Gasteiger partial charge is 0.454 e. The number of esters is 1. The third kappa shape index (κ3) is 4.91. The van der Waals surface area contributed by atoms with Crippen LogP contribution in [0.15, 0.2) is 91.0 Å². The van der Waals surface area contributed by atoms with Crippen LogP contribution in [-0.4, -0.2) is 17.9 Å². The van der Waals surface area contributed by atoms with Crippen molar-refractivity contribution < 1.29 is 14.3 Å². The van der Waals surface area contributed by atoms with E-state index >= 15 is 0 Å². The number of benzene rings is 3. The third-order valence-corrected chi connectivity index (χ3v) is 4.51. The molecule has 0 heterocycles. The highest BCUT2D eigenvalue weighted by Gasteiger charge is 2.23. The van der Waals surface area contributed by atoms with Gasteiger partial charge in [-0.15, -0.1) is 0 Å². The summed E-state index contributed by atoms with van der Waals surface area (Å²) in [5.74, 6) is -0.691. The molecule has 0 aliphatic heterocycles. The van der Waals surface area contributed by atoms with Crippen molar-refractivity contribution >= 4 is 11.8 Å². The Kier molecular flexibility index (Phi) is 6.16. The smallest absolute Gasteiger partial charge is 0.307 e. The Balaban J connectivity index is 1.72. The van der Waals surface area contributed by atoms with Crippen LogP contribution in [0, 0.1) is 0 Å². The van der Waals surface area contributed by atoms with E-state index in [1.807, 2.05) is 66.7 Å². The van der Waals surface area contributed by atoms with Crippen LogP contribution in [0.1, 0.15) is 40.7 Å². The van der Waals surface area contributed by atoms with Crippen LogP contribution < -0.4 is 0 Å². The quantitative estimate of drug-likeness (QED) is 0.440. The lowest BCUT2D eigenvalue weighted by Gasteiger charge is -2.19. The Labute approximate surface area is 159 Å². The van der Waals surface area contributed by atoms with Crippen molar-refractivity contribution in [2.45, 2.75) is 25.4 Å². The van der Waals surface area contributed by atoms with E-state index in [1.165, 1.54) is 0 Å². The van der Waals surface area contributed by atoms with Gasteiger partial charge in [-0.25, -0.2) is 0 Å². The summed E-state index contributed by atoms with van der Waals surface area (Å²) >= 11 is 0. The lowest BCUT2D eigenvalue weighted by molar-refractivity contribution is -0.146. The van der Waals surface area contributed by atoms with Gasteiger partial charge in [0.25, 0.3) is 0 Å². The van der Waals surface area contributed by atoms with Gasteiger partial charge in [-0.2, -0.15) is 0 Å². The highest BCUT2D eigenvalue weighted by atomic mass is 16.5. The number of rotatable bonds is 7. The van der Waals surface area contributed by atoms with Crippen LogP contribution in [0.3, 0.4) is 0 Å². The number of hydrogen-bond acceptors (Lipinski definition) is 3. The molecule has 3 nitrogen and oxygen atoms in total. The fraction of sp³-hybridized carbons (Fsp3) is 0.167. The standard InChI is InChI=1S/C24H22O3/c1-18(24(26)21-15-9-4-10-16-21)27-23(25)17-22(19-11-5-2-6-12-19)20-13-7-3-8-14-20/h2-16,18,22H,17H2,1H3. The van der Waals surface area contributed by atoms with Crippen molar-refractivity contribution in [3.05, 3.63) is 108 Å². The molecule has 3 rings (SSSR count). The van der Waals surface area contributed by atoms with E-state index in [9.17, 15) is 9.59 Å². The van der Waals surface area contributed by atoms with E-state index in [1.54, 1.807) is 31.2 Å². The Hall–Kier alpha value is -3.20. The number of carbonyl (C=O) groups excluding carboxylic acids is 2. The SMILES string of the molecule is CC(OC(=O)CC(c1ccccc1)c1ccccc1)C(=O)c1ccccc1. The zero-order valence-corrected chi connectivity index (χ0v) is 15.2. The Morgan fingerprint density at radius 2 is 1.19 bits per heavy atom. The summed E-state index contributed by atoms with van der Waals surface area (Å²) in [6, 6.07) is 28.6. The number of ketones is 1. The summed E-state index contributed by atoms with van der Waals surface area (Å²) in [6.07, 6.45) is -0.632. The molecule has 3 heteroatoms. The second-order valence-electron chi connectivity index (χ2n) is 6.44. The first-order chi connectivity index (χ1) is 13.1. The molecule has 0 fully saturated rings. The topological polar surface area (TPSA) is 43.4 Å². The number of carbonyl (C=O) groups is 2. The monoisotopic (exact) mass is 358 g/mol. The Morgan fingerprint density at radius 3 is 1.67 bits per heavy atom. The van der Waals surface area contributed by atoms with Crippen LogP contribution in [0.25, 0.3) is 0 Å². The second kappa shape index (κ2) is 8.95. The predicted molar refractivity (Wildman–Crippen MR) is 106 cm³/mol. The molecule has 27 heavy (non-hydrogen) atoms. The van der Waals surface area contributed by atoms with Crippen molar-refractivity contribution in [3.63, 3.8) is 0 Å². The van der Waals surface area contributed by atoms with Crippen molar-refractivity contribution in [3.8, 4) is 0 Å². The van der Waals surface area contributed by atoms with Gasteiger partial charge < -0.3 is 4.74 Å². The first-order valence-corrected chi connectivity index (χ1v) is 9.04. The van der Waals surface area contributed by atoms with Gasteiger partial charge >= 0.3 is 5.97 Å². The van der Waals surface area contributed by atoms with E-state index in [0.717, 1.165) is 11.1 Å². The van der Waals surface area contributed by atoms with Crippen molar-refractivity contribution in [2.24, 2.45) is 0 Å². The zero-order chi connectivity index (χ0) is 19.1. The summed E-state index contributed by atoms with van der Waals surface area (Å²) in [5.41, 5.74) is 2.63. The molecule has 1 unspecified atom stereocenters. The van der Waals surface area contributed by atoms with Gasteiger partial charge in [0.05, 0.1) is 6.42 Å². The normalized spacial score (nSPS) is 11.8. The van der Waals surface area contributed by atoms with Crippen LogP contribution in [0.2, 0.25) is 0 Å². The third-order valence-electron chi connectivity index (χ3n) is 4.51. The van der Waals surface area contributed by atoms with Crippen molar-refractivity contribution in [2.75, 3.05) is 0 Å². The van der Waals surface area contributed by atoms with Gasteiger partial charge in [-0.05, 0) is 18.1 Å². The number of Topliss-reactive ketones (excluding diaryl/α,β-unsaturated/α-hetero) is 1. The molecule has 0 spiro atoms. The summed E-state index contributed by atoms with van der Waals surface area (Å²) < 4.78 is 5.45. The maximum Gasteiger partial charge on any atom is 0.307 e. The number of hydrogen-bond donors (Lipinski definition) is 0. The van der Waals surface area contributed by atoms with E-state index in [4.69, 9.17) is 4.74 Å². The zero-order valence-electron chi connectivity index (χ0n) is 15.2. The van der Waals surface area contributed by atoms with Gasteiger partial charge in [0.15, 0.2) is 6.10 Å². The summed E-state index contributed by atoms with van der Waals surface area (Å²) in [5, 5.41) is 0. The van der Waals surface area contributed by atoms with E-state index < -0.39 is 6.10 Å². The minimum atomic E-state index is -0.813. The lowest BCUT2D eigenvalue weighted by atomic mass is 9.88. The summed E-state index contributed by atoms with van der Waals surface area (Å²) in [7, 11) is 0. The predicted octanol–water partition coefficient (Wildman–Crippen LogP) is 5.02.